The zero-order valence-corrected chi connectivity index (χ0v) is 6.91. The van der Waals surface area contributed by atoms with Gasteiger partial charge >= 0.3 is 0 Å². The Morgan fingerprint density at radius 2 is 2.40 bits per heavy atom. The smallest absolute Gasteiger partial charge is 0.0657 e. The molecule has 1 rings (SSSR count). The highest BCUT2D eigenvalue weighted by atomic mass is 32.2. The predicted molar refractivity (Wildman–Crippen MR) is 46.9 cm³/mol. The van der Waals surface area contributed by atoms with E-state index in [9.17, 15) is 0 Å². The molecule has 1 saturated heterocycles. The molecule has 1 heterocycles. The van der Waals surface area contributed by atoms with Gasteiger partial charge in [-0.3, -0.25) is 0 Å². The van der Waals surface area contributed by atoms with Crippen LogP contribution in [-0.4, -0.2) is 17.5 Å². The summed E-state index contributed by atoms with van der Waals surface area (Å²) >= 11 is 1.97. The van der Waals surface area contributed by atoms with E-state index in [4.69, 9.17) is 5.73 Å². The molecule has 1 atom stereocenters. The molecule has 0 aromatic carbocycles. The predicted octanol–water partition coefficient (Wildman–Crippen LogP) is 1.23. The summed E-state index contributed by atoms with van der Waals surface area (Å²) in [6.07, 6.45) is 3.97. The fourth-order valence-corrected chi connectivity index (χ4v) is 2.18. The summed E-state index contributed by atoms with van der Waals surface area (Å²) < 4.78 is 0. The van der Waals surface area contributed by atoms with E-state index >= 15 is 0 Å². The average molecular weight is 155 g/mol. The molecule has 1 unspecified atom stereocenters. The molecule has 56 valence electrons. The highest BCUT2D eigenvalue weighted by molar-refractivity contribution is 8.00. The first kappa shape index (κ1) is 7.97. The molecule has 1 nitrogen and oxygen atoms in total. The quantitative estimate of drug-likeness (QED) is 0.532. The van der Waals surface area contributed by atoms with Crippen molar-refractivity contribution in [3.8, 4) is 11.8 Å². The summed E-state index contributed by atoms with van der Waals surface area (Å²) in [5.41, 5.74) is 5.26. The molecular formula is C8H13NS. The topological polar surface area (TPSA) is 26.0 Å². The van der Waals surface area contributed by atoms with Gasteiger partial charge in [-0.15, -0.1) is 11.8 Å². The summed E-state index contributed by atoms with van der Waals surface area (Å²) in [6, 6.07) is 0. The summed E-state index contributed by atoms with van der Waals surface area (Å²) in [5, 5.41) is 0.581. The van der Waals surface area contributed by atoms with Crippen LogP contribution in [0, 0.1) is 11.8 Å². The van der Waals surface area contributed by atoms with Gasteiger partial charge in [-0.05, 0) is 18.6 Å². The van der Waals surface area contributed by atoms with Crippen LogP contribution in [-0.2, 0) is 0 Å². The molecule has 10 heavy (non-hydrogen) atoms. The number of rotatable bonds is 0. The van der Waals surface area contributed by atoms with E-state index in [1.165, 1.54) is 25.0 Å². The maximum Gasteiger partial charge on any atom is 0.0657 e. The molecule has 2 heteroatoms. The third-order valence-corrected chi connectivity index (χ3v) is 2.83. The normalized spacial score (nSPS) is 25.1. The summed E-state index contributed by atoms with van der Waals surface area (Å²) in [4.78, 5) is 0. The van der Waals surface area contributed by atoms with Crippen LogP contribution in [0.4, 0.5) is 0 Å². The van der Waals surface area contributed by atoms with E-state index in [0.717, 1.165) is 0 Å². The van der Waals surface area contributed by atoms with E-state index in [1.54, 1.807) is 0 Å². The lowest BCUT2D eigenvalue weighted by molar-refractivity contribution is 0.727. The van der Waals surface area contributed by atoms with Crippen LogP contribution in [0.15, 0.2) is 0 Å². The van der Waals surface area contributed by atoms with Crippen molar-refractivity contribution < 1.29 is 0 Å². The molecule has 0 aliphatic carbocycles. The number of nitrogens with two attached hydrogens (primary N) is 1. The van der Waals surface area contributed by atoms with Crippen LogP contribution in [0.25, 0.3) is 0 Å². The molecular weight excluding hydrogens is 142 g/mol. The fraction of sp³-hybridized carbons (Fsp3) is 0.750. The van der Waals surface area contributed by atoms with E-state index in [1.807, 2.05) is 11.8 Å². The Labute approximate surface area is 66.8 Å². The van der Waals surface area contributed by atoms with E-state index in [-0.39, 0.29) is 0 Å². The monoisotopic (exact) mass is 155 g/mol. The number of thioether (sulfide) groups is 1. The first-order chi connectivity index (χ1) is 4.93. The Balaban J connectivity index is 2.25. The van der Waals surface area contributed by atoms with Crippen molar-refractivity contribution in [2.75, 3.05) is 12.3 Å². The zero-order chi connectivity index (χ0) is 7.23. The molecule has 0 saturated carbocycles. The molecule has 1 aliphatic rings. The van der Waals surface area contributed by atoms with Crippen LogP contribution in [0.3, 0.4) is 0 Å². The Morgan fingerprint density at radius 3 is 3.00 bits per heavy atom. The molecule has 0 aromatic heterocycles. The second kappa shape index (κ2) is 4.65. The molecule has 0 radical (unpaired) electrons. The van der Waals surface area contributed by atoms with Crippen molar-refractivity contribution in [1.29, 1.82) is 0 Å². The second-order valence-electron chi connectivity index (χ2n) is 2.38. The molecule has 0 aromatic rings. The van der Waals surface area contributed by atoms with Gasteiger partial charge in [0.05, 0.1) is 11.8 Å². The summed E-state index contributed by atoms with van der Waals surface area (Å²) in [7, 11) is 0. The minimum absolute atomic E-state index is 0.511. The number of hydrogen-bond acceptors (Lipinski definition) is 2. The largest absolute Gasteiger partial charge is 0.320 e. The minimum atomic E-state index is 0.511. The second-order valence-corrected chi connectivity index (χ2v) is 3.69. The van der Waals surface area contributed by atoms with Gasteiger partial charge in [-0.1, -0.05) is 18.3 Å². The van der Waals surface area contributed by atoms with Crippen molar-refractivity contribution in [3.63, 3.8) is 0 Å². The lowest BCUT2D eigenvalue weighted by atomic mass is 10.2. The maximum absolute atomic E-state index is 5.26. The third-order valence-electron chi connectivity index (χ3n) is 1.54. The SMILES string of the molecule is NCC#CC1CCCCS1. The van der Waals surface area contributed by atoms with Crippen LogP contribution in [0.5, 0.6) is 0 Å². The lowest BCUT2D eigenvalue weighted by Gasteiger charge is -2.15. The van der Waals surface area contributed by atoms with Gasteiger partial charge in [0.15, 0.2) is 0 Å². The highest BCUT2D eigenvalue weighted by Crippen LogP contribution is 2.23. The summed E-state index contributed by atoms with van der Waals surface area (Å²) in [5.74, 6) is 7.37. The third kappa shape index (κ3) is 2.64. The lowest BCUT2D eigenvalue weighted by Crippen LogP contribution is -2.07. The molecule has 2 N–H and O–H groups in total. The summed E-state index contributed by atoms with van der Waals surface area (Å²) in [6.45, 7) is 0.511. The molecule has 1 aliphatic heterocycles. The van der Waals surface area contributed by atoms with Crippen LogP contribution in [0.1, 0.15) is 19.3 Å². The molecule has 0 bridgehead atoms. The van der Waals surface area contributed by atoms with Gasteiger partial charge in [0.25, 0.3) is 0 Å². The maximum atomic E-state index is 5.26. The van der Waals surface area contributed by atoms with Gasteiger partial charge in [0.2, 0.25) is 0 Å². The van der Waals surface area contributed by atoms with Gasteiger partial charge in [0.1, 0.15) is 0 Å². The highest BCUT2D eigenvalue weighted by Gasteiger charge is 2.09. The van der Waals surface area contributed by atoms with Crippen molar-refractivity contribution in [2.24, 2.45) is 5.73 Å². The Hall–Kier alpha value is -0.130. The Bertz CT molecular complexity index is 139. The molecule has 0 spiro atoms. The van der Waals surface area contributed by atoms with Gasteiger partial charge in [-0.25, -0.2) is 0 Å². The zero-order valence-electron chi connectivity index (χ0n) is 6.10. The first-order valence-corrected chi connectivity index (χ1v) is 4.78. The first-order valence-electron chi connectivity index (χ1n) is 3.73. The molecule has 1 fully saturated rings. The standard InChI is InChI=1S/C8H13NS/c9-6-3-5-8-4-1-2-7-10-8/h8H,1-2,4,6-7,9H2. The van der Waals surface area contributed by atoms with Crippen molar-refractivity contribution in [1.82, 2.24) is 0 Å². The van der Waals surface area contributed by atoms with Crippen LogP contribution < -0.4 is 5.73 Å². The van der Waals surface area contributed by atoms with E-state index in [0.29, 0.717) is 11.8 Å². The van der Waals surface area contributed by atoms with Gasteiger partial charge < -0.3 is 5.73 Å². The van der Waals surface area contributed by atoms with Crippen molar-refractivity contribution in [2.45, 2.75) is 24.5 Å². The van der Waals surface area contributed by atoms with Crippen LogP contribution in [0.2, 0.25) is 0 Å². The van der Waals surface area contributed by atoms with Gasteiger partial charge in [0, 0.05) is 0 Å². The van der Waals surface area contributed by atoms with Crippen molar-refractivity contribution >= 4 is 11.8 Å². The average Bonchev–Trinajstić information content (AvgIpc) is 2.03. The molecule has 0 amide bonds. The Kier molecular flexibility index (Phi) is 3.71. The minimum Gasteiger partial charge on any atom is -0.320 e. The fourth-order valence-electron chi connectivity index (χ4n) is 1.03. The van der Waals surface area contributed by atoms with Crippen molar-refractivity contribution in [3.05, 3.63) is 0 Å². The van der Waals surface area contributed by atoms with Crippen LogP contribution >= 0.6 is 11.8 Å². The van der Waals surface area contributed by atoms with E-state index < -0.39 is 0 Å². The Morgan fingerprint density at radius 1 is 1.50 bits per heavy atom. The van der Waals surface area contributed by atoms with Gasteiger partial charge in [-0.2, -0.15) is 0 Å². The number of hydrogen-bond donors (Lipinski definition) is 1. The van der Waals surface area contributed by atoms with E-state index in [2.05, 4.69) is 11.8 Å².